The van der Waals surface area contributed by atoms with Crippen molar-refractivity contribution < 1.29 is 14.5 Å². The third kappa shape index (κ3) is 3.45. The van der Waals surface area contributed by atoms with Crippen LogP contribution in [0.15, 0.2) is 45.3 Å². The molecule has 1 aromatic carbocycles. The van der Waals surface area contributed by atoms with E-state index in [1.807, 2.05) is 0 Å². The second-order valence-electron chi connectivity index (χ2n) is 3.77. The van der Waals surface area contributed by atoms with Crippen molar-refractivity contribution in [2.75, 3.05) is 7.11 Å². The third-order valence-corrected chi connectivity index (χ3v) is 3.38. The fourth-order valence-corrected chi connectivity index (χ4v) is 2.41. The van der Waals surface area contributed by atoms with Crippen molar-refractivity contribution in [1.82, 2.24) is 9.97 Å². The van der Waals surface area contributed by atoms with Crippen LogP contribution in [0.3, 0.4) is 0 Å². The lowest BCUT2D eigenvalue weighted by Gasteiger charge is -2.04. The van der Waals surface area contributed by atoms with Gasteiger partial charge in [-0.25, -0.2) is 9.78 Å². The number of carbonyl (C=O) groups excluding carboxylic acids is 1. The van der Waals surface area contributed by atoms with Crippen LogP contribution < -0.4 is 5.56 Å². The van der Waals surface area contributed by atoms with Gasteiger partial charge in [-0.2, -0.15) is 0 Å². The number of nitrogens with zero attached hydrogens (tertiary/aromatic N) is 2. The number of rotatable bonds is 4. The number of benzene rings is 1. The minimum atomic E-state index is -0.610. The number of nitro benzene ring substituents is 1. The van der Waals surface area contributed by atoms with E-state index < -0.39 is 10.9 Å². The summed E-state index contributed by atoms with van der Waals surface area (Å²) in [5, 5.41) is 11.2. The summed E-state index contributed by atoms with van der Waals surface area (Å²) in [5.41, 5.74) is -0.401. The SMILES string of the molecule is COC(=O)c1ccc([N+](=O)[O-])c(Sc2nccc(=O)[nH]2)c1. The molecule has 0 atom stereocenters. The Morgan fingerprint density at radius 2 is 2.19 bits per heavy atom. The lowest BCUT2D eigenvalue weighted by molar-refractivity contribution is -0.387. The molecule has 0 aliphatic rings. The van der Waals surface area contributed by atoms with Gasteiger partial charge in [0, 0.05) is 18.3 Å². The van der Waals surface area contributed by atoms with E-state index in [0.29, 0.717) is 0 Å². The highest BCUT2D eigenvalue weighted by atomic mass is 32.2. The van der Waals surface area contributed by atoms with Gasteiger partial charge in [0.15, 0.2) is 5.16 Å². The van der Waals surface area contributed by atoms with Crippen LogP contribution in [-0.2, 0) is 4.74 Å². The maximum Gasteiger partial charge on any atom is 0.337 e. The summed E-state index contributed by atoms with van der Waals surface area (Å²) in [6, 6.07) is 5.05. The molecule has 0 unspecified atom stereocenters. The molecule has 0 amide bonds. The monoisotopic (exact) mass is 307 g/mol. The highest BCUT2D eigenvalue weighted by molar-refractivity contribution is 7.99. The van der Waals surface area contributed by atoms with Crippen LogP contribution in [0.25, 0.3) is 0 Å². The minimum absolute atomic E-state index is 0.170. The standard InChI is InChI=1S/C12H9N3O5S/c1-20-11(17)7-2-3-8(15(18)19)9(6-7)21-12-13-5-4-10(16)14-12/h2-6H,1H3,(H,13,14,16). The molecule has 1 N–H and O–H groups in total. The quantitative estimate of drug-likeness (QED) is 0.395. The number of nitrogens with one attached hydrogen (secondary N) is 1. The molecule has 0 aliphatic heterocycles. The van der Waals surface area contributed by atoms with Crippen LogP contribution in [-0.4, -0.2) is 28.0 Å². The Kier molecular flexibility index (Phi) is 4.33. The van der Waals surface area contributed by atoms with Crippen LogP contribution in [0.1, 0.15) is 10.4 Å². The molecule has 108 valence electrons. The van der Waals surface area contributed by atoms with Crippen molar-refractivity contribution in [1.29, 1.82) is 0 Å². The molecule has 0 bridgehead atoms. The first-order valence-corrected chi connectivity index (χ1v) is 6.43. The molecule has 8 nitrogen and oxygen atoms in total. The predicted molar refractivity (Wildman–Crippen MR) is 73.4 cm³/mol. The fraction of sp³-hybridized carbons (Fsp3) is 0.0833. The first-order chi connectivity index (χ1) is 10.0. The number of ether oxygens (including phenoxy) is 1. The first-order valence-electron chi connectivity index (χ1n) is 5.61. The van der Waals surface area contributed by atoms with Crippen LogP contribution in [0.2, 0.25) is 0 Å². The summed E-state index contributed by atoms with van der Waals surface area (Å²) in [7, 11) is 1.22. The Morgan fingerprint density at radius 3 is 2.81 bits per heavy atom. The zero-order valence-electron chi connectivity index (χ0n) is 10.7. The Labute approximate surface area is 122 Å². The van der Waals surface area contributed by atoms with E-state index in [0.717, 1.165) is 11.8 Å². The molecule has 0 saturated heterocycles. The number of esters is 1. The van der Waals surface area contributed by atoms with Gasteiger partial charge in [0.05, 0.1) is 22.5 Å². The number of hydrogen-bond donors (Lipinski definition) is 1. The summed E-state index contributed by atoms with van der Waals surface area (Å²) in [5.74, 6) is -0.610. The van der Waals surface area contributed by atoms with Crippen LogP contribution in [0, 0.1) is 10.1 Å². The number of nitro groups is 1. The summed E-state index contributed by atoms with van der Waals surface area (Å²) >= 11 is 0.883. The Bertz CT molecular complexity index is 759. The molecule has 21 heavy (non-hydrogen) atoms. The number of aromatic amines is 1. The lowest BCUT2D eigenvalue weighted by Crippen LogP contribution is -2.06. The Balaban J connectivity index is 2.46. The summed E-state index contributed by atoms with van der Waals surface area (Å²) in [6.07, 6.45) is 1.29. The Hall–Kier alpha value is -2.68. The van der Waals surface area contributed by atoms with Gasteiger partial charge in [-0.15, -0.1) is 0 Å². The summed E-state index contributed by atoms with van der Waals surface area (Å²) < 4.78 is 4.57. The highest BCUT2D eigenvalue weighted by Crippen LogP contribution is 2.33. The molecule has 0 aliphatic carbocycles. The van der Waals surface area contributed by atoms with Crippen LogP contribution >= 0.6 is 11.8 Å². The van der Waals surface area contributed by atoms with E-state index in [4.69, 9.17) is 0 Å². The number of aromatic nitrogens is 2. The largest absolute Gasteiger partial charge is 0.465 e. The van der Waals surface area contributed by atoms with Crippen molar-refractivity contribution in [3.05, 3.63) is 56.5 Å². The summed E-state index contributed by atoms with van der Waals surface area (Å²) in [4.78, 5) is 39.6. The van der Waals surface area contributed by atoms with Crippen molar-refractivity contribution in [2.45, 2.75) is 10.1 Å². The second-order valence-corrected chi connectivity index (χ2v) is 4.80. The normalized spacial score (nSPS) is 10.1. The third-order valence-electron chi connectivity index (χ3n) is 2.43. The van der Waals surface area contributed by atoms with Gasteiger partial charge in [-0.3, -0.25) is 14.9 Å². The molecule has 9 heteroatoms. The van der Waals surface area contributed by atoms with Gasteiger partial charge in [-0.1, -0.05) is 0 Å². The lowest BCUT2D eigenvalue weighted by atomic mass is 10.2. The zero-order chi connectivity index (χ0) is 15.4. The highest BCUT2D eigenvalue weighted by Gasteiger charge is 2.18. The molecule has 0 saturated carbocycles. The molecule has 1 aromatic heterocycles. The number of carbonyl (C=O) groups is 1. The summed E-state index contributed by atoms with van der Waals surface area (Å²) in [6.45, 7) is 0. The fourth-order valence-electron chi connectivity index (χ4n) is 1.50. The molecule has 2 rings (SSSR count). The number of methoxy groups -OCH3 is 1. The number of hydrogen-bond acceptors (Lipinski definition) is 7. The first kappa shape index (κ1) is 14.7. The van der Waals surface area contributed by atoms with Gasteiger partial charge < -0.3 is 9.72 Å². The van der Waals surface area contributed by atoms with Crippen molar-refractivity contribution in [3.8, 4) is 0 Å². The van der Waals surface area contributed by atoms with E-state index in [1.54, 1.807) is 0 Å². The topological polar surface area (TPSA) is 115 Å². The zero-order valence-corrected chi connectivity index (χ0v) is 11.5. The maximum atomic E-state index is 11.5. The second kappa shape index (κ2) is 6.18. The van der Waals surface area contributed by atoms with Gasteiger partial charge in [-0.05, 0) is 23.9 Å². The average molecular weight is 307 g/mol. The Morgan fingerprint density at radius 1 is 1.43 bits per heavy atom. The predicted octanol–water partition coefficient (Wildman–Crippen LogP) is 1.62. The average Bonchev–Trinajstić information content (AvgIpc) is 2.46. The van der Waals surface area contributed by atoms with E-state index in [2.05, 4.69) is 14.7 Å². The van der Waals surface area contributed by atoms with Crippen molar-refractivity contribution in [3.63, 3.8) is 0 Å². The molecular weight excluding hydrogens is 298 g/mol. The van der Waals surface area contributed by atoms with Gasteiger partial charge in [0.25, 0.3) is 11.2 Å². The molecule has 0 radical (unpaired) electrons. The van der Waals surface area contributed by atoms with E-state index in [1.165, 1.54) is 37.6 Å². The van der Waals surface area contributed by atoms with Crippen molar-refractivity contribution in [2.24, 2.45) is 0 Å². The molecule has 0 fully saturated rings. The number of H-pyrrole nitrogens is 1. The van der Waals surface area contributed by atoms with Gasteiger partial charge in [0.1, 0.15) is 0 Å². The minimum Gasteiger partial charge on any atom is -0.465 e. The van der Waals surface area contributed by atoms with Crippen LogP contribution in [0.4, 0.5) is 5.69 Å². The van der Waals surface area contributed by atoms with E-state index in [9.17, 15) is 19.7 Å². The van der Waals surface area contributed by atoms with E-state index in [-0.39, 0.29) is 26.9 Å². The van der Waals surface area contributed by atoms with E-state index >= 15 is 0 Å². The van der Waals surface area contributed by atoms with Gasteiger partial charge >= 0.3 is 5.97 Å². The molecule has 2 aromatic rings. The smallest absolute Gasteiger partial charge is 0.337 e. The van der Waals surface area contributed by atoms with Crippen LogP contribution in [0.5, 0.6) is 0 Å². The maximum absolute atomic E-state index is 11.5. The van der Waals surface area contributed by atoms with Gasteiger partial charge in [0.2, 0.25) is 0 Å². The molecule has 0 spiro atoms. The molecule has 1 heterocycles. The molecular formula is C12H9N3O5S. The van der Waals surface area contributed by atoms with Crippen molar-refractivity contribution >= 4 is 23.4 Å².